The largest absolute Gasteiger partial charge is 0.481 e. The summed E-state index contributed by atoms with van der Waals surface area (Å²) in [5.41, 5.74) is 1.74. The Bertz CT molecular complexity index is 488. The average molecular weight is 278 g/mol. The molecule has 0 heterocycles. The van der Waals surface area contributed by atoms with E-state index in [2.05, 4.69) is 10.6 Å². The molecule has 0 aromatic heterocycles. The number of carbonyl (C=O) groups is 2. The molecule has 1 rings (SSSR count). The van der Waals surface area contributed by atoms with E-state index in [1.807, 2.05) is 38.1 Å². The molecular formula is C15H22N2O3. The van der Waals surface area contributed by atoms with Crippen LogP contribution in [-0.4, -0.2) is 23.0 Å². The van der Waals surface area contributed by atoms with Crippen molar-refractivity contribution in [1.82, 2.24) is 5.32 Å². The summed E-state index contributed by atoms with van der Waals surface area (Å²) >= 11 is 0. The second-order valence-electron chi connectivity index (χ2n) is 5.11. The van der Waals surface area contributed by atoms with Gasteiger partial charge in [-0.2, -0.15) is 0 Å². The molecule has 0 saturated heterocycles. The molecule has 3 N–H and O–H groups in total. The van der Waals surface area contributed by atoms with Crippen molar-refractivity contribution >= 4 is 17.6 Å². The molecule has 1 aromatic carbocycles. The van der Waals surface area contributed by atoms with Gasteiger partial charge in [-0.05, 0) is 31.5 Å². The van der Waals surface area contributed by atoms with Gasteiger partial charge in [0.15, 0.2) is 0 Å². The number of carbonyl (C=O) groups excluding carboxylic acids is 1. The third-order valence-electron chi connectivity index (χ3n) is 3.36. The first-order valence-corrected chi connectivity index (χ1v) is 6.67. The quantitative estimate of drug-likeness (QED) is 0.746. The number of hydrogen-bond donors (Lipinski definition) is 3. The summed E-state index contributed by atoms with van der Waals surface area (Å²) in [6, 6.07) is 7.37. The Morgan fingerprint density at radius 3 is 2.40 bits per heavy atom. The van der Waals surface area contributed by atoms with E-state index >= 15 is 0 Å². The minimum Gasteiger partial charge on any atom is -0.481 e. The minimum atomic E-state index is -0.816. The Morgan fingerprint density at radius 2 is 1.85 bits per heavy atom. The third-order valence-corrected chi connectivity index (χ3v) is 3.36. The van der Waals surface area contributed by atoms with Gasteiger partial charge in [0, 0.05) is 24.7 Å². The fraction of sp³-hybridized carbons (Fsp3) is 0.467. The summed E-state index contributed by atoms with van der Waals surface area (Å²) in [7, 11) is 0. The van der Waals surface area contributed by atoms with E-state index in [1.165, 1.54) is 6.92 Å². The summed E-state index contributed by atoms with van der Waals surface area (Å²) in [5, 5.41) is 15.0. The van der Waals surface area contributed by atoms with Crippen molar-refractivity contribution in [2.75, 3.05) is 5.32 Å². The maximum Gasteiger partial charge on any atom is 0.307 e. The first kappa shape index (κ1) is 16.2. The number of benzene rings is 1. The fourth-order valence-electron chi connectivity index (χ4n) is 1.94. The second kappa shape index (κ2) is 7.05. The molecule has 1 aromatic rings. The number of carboxylic acids is 1. The molecular weight excluding hydrogens is 256 g/mol. The van der Waals surface area contributed by atoms with Gasteiger partial charge in [-0.15, -0.1) is 0 Å². The summed E-state index contributed by atoms with van der Waals surface area (Å²) in [6.07, 6.45) is 0. The highest BCUT2D eigenvalue weighted by Crippen LogP contribution is 2.19. The van der Waals surface area contributed by atoms with Crippen LogP contribution in [0.2, 0.25) is 0 Å². The molecule has 0 radical (unpaired) electrons. The van der Waals surface area contributed by atoms with Gasteiger partial charge in [-0.25, -0.2) is 0 Å². The highest BCUT2D eigenvalue weighted by molar-refractivity contribution is 5.88. The van der Waals surface area contributed by atoms with Crippen molar-refractivity contribution < 1.29 is 14.7 Å². The maximum absolute atomic E-state index is 11.0. The number of aliphatic carboxylic acids is 1. The molecule has 5 heteroatoms. The van der Waals surface area contributed by atoms with E-state index < -0.39 is 11.9 Å². The van der Waals surface area contributed by atoms with Crippen LogP contribution in [0.15, 0.2) is 24.3 Å². The lowest BCUT2D eigenvalue weighted by atomic mass is 10.0. The summed E-state index contributed by atoms with van der Waals surface area (Å²) < 4.78 is 0. The minimum absolute atomic E-state index is 0.000471. The van der Waals surface area contributed by atoms with Crippen molar-refractivity contribution in [3.63, 3.8) is 0 Å². The lowest BCUT2D eigenvalue weighted by Crippen LogP contribution is -2.37. The molecule has 0 aliphatic rings. The van der Waals surface area contributed by atoms with E-state index in [4.69, 9.17) is 5.11 Å². The average Bonchev–Trinajstić information content (AvgIpc) is 2.37. The summed E-state index contributed by atoms with van der Waals surface area (Å²) in [6.45, 7) is 6.97. The number of amides is 1. The van der Waals surface area contributed by atoms with E-state index in [-0.39, 0.29) is 18.0 Å². The van der Waals surface area contributed by atoms with Crippen LogP contribution >= 0.6 is 0 Å². The predicted molar refractivity (Wildman–Crippen MR) is 78.6 cm³/mol. The van der Waals surface area contributed by atoms with E-state index in [9.17, 15) is 9.59 Å². The van der Waals surface area contributed by atoms with E-state index in [0.717, 1.165) is 11.3 Å². The van der Waals surface area contributed by atoms with Crippen LogP contribution in [0.1, 0.15) is 39.3 Å². The number of nitrogens with one attached hydrogen (secondary N) is 2. The monoisotopic (exact) mass is 278 g/mol. The van der Waals surface area contributed by atoms with Gasteiger partial charge in [0.05, 0.1) is 5.92 Å². The molecule has 0 aliphatic heterocycles. The Labute approximate surface area is 119 Å². The molecule has 3 unspecified atom stereocenters. The van der Waals surface area contributed by atoms with Gasteiger partial charge in [-0.3, -0.25) is 9.59 Å². The Balaban J connectivity index is 2.74. The number of rotatable bonds is 6. The zero-order valence-electron chi connectivity index (χ0n) is 12.3. The zero-order chi connectivity index (χ0) is 15.3. The van der Waals surface area contributed by atoms with Crippen LogP contribution < -0.4 is 10.6 Å². The van der Waals surface area contributed by atoms with Crippen LogP contribution in [0.4, 0.5) is 5.69 Å². The van der Waals surface area contributed by atoms with Gasteiger partial charge in [0.25, 0.3) is 0 Å². The Morgan fingerprint density at radius 1 is 1.20 bits per heavy atom. The van der Waals surface area contributed by atoms with Crippen LogP contribution in [-0.2, 0) is 9.59 Å². The smallest absolute Gasteiger partial charge is 0.307 e. The number of anilines is 1. The summed E-state index contributed by atoms with van der Waals surface area (Å²) in [4.78, 5) is 22.0. The Kier molecular flexibility index (Phi) is 5.70. The van der Waals surface area contributed by atoms with Gasteiger partial charge in [0.1, 0.15) is 0 Å². The standard InChI is InChI=1S/C15H22N2O3/c1-9(15(19)20)10(2)16-11(3)13-6-5-7-14(8-13)17-12(4)18/h5-11,16H,1-4H3,(H,17,18)(H,19,20). The van der Waals surface area contributed by atoms with Gasteiger partial charge >= 0.3 is 5.97 Å². The highest BCUT2D eigenvalue weighted by Gasteiger charge is 2.21. The third kappa shape index (κ3) is 4.66. The lowest BCUT2D eigenvalue weighted by Gasteiger charge is -2.23. The zero-order valence-corrected chi connectivity index (χ0v) is 12.3. The van der Waals surface area contributed by atoms with Crippen molar-refractivity contribution in [3.05, 3.63) is 29.8 Å². The molecule has 0 saturated carbocycles. The van der Waals surface area contributed by atoms with Crippen molar-refractivity contribution in [1.29, 1.82) is 0 Å². The van der Waals surface area contributed by atoms with Crippen LogP contribution in [0.25, 0.3) is 0 Å². The molecule has 0 fully saturated rings. The van der Waals surface area contributed by atoms with Crippen LogP contribution in [0.3, 0.4) is 0 Å². The van der Waals surface area contributed by atoms with E-state index in [0.29, 0.717) is 0 Å². The van der Waals surface area contributed by atoms with Crippen LogP contribution in [0.5, 0.6) is 0 Å². The van der Waals surface area contributed by atoms with Crippen LogP contribution in [0, 0.1) is 5.92 Å². The second-order valence-corrected chi connectivity index (χ2v) is 5.11. The summed E-state index contributed by atoms with van der Waals surface area (Å²) in [5.74, 6) is -1.39. The van der Waals surface area contributed by atoms with Crippen molar-refractivity contribution in [2.24, 2.45) is 5.92 Å². The number of hydrogen-bond acceptors (Lipinski definition) is 3. The Hall–Kier alpha value is -1.88. The molecule has 0 aliphatic carbocycles. The topological polar surface area (TPSA) is 78.4 Å². The van der Waals surface area contributed by atoms with Gasteiger partial charge < -0.3 is 15.7 Å². The molecule has 0 spiro atoms. The fourth-order valence-corrected chi connectivity index (χ4v) is 1.94. The first-order chi connectivity index (χ1) is 9.31. The normalized spacial score (nSPS) is 15.2. The lowest BCUT2D eigenvalue weighted by molar-refractivity contribution is -0.142. The first-order valence-electron chi connectivity index (χ1n) is 6.67. The molecule has 5 nitrogen and oxygen atoms in total. The van der Waals surface area contributed by atoms with E-state index in [1.54, 1.807) is 6.92 Å². The molecule has 3 atom stereocenters. The molecule has 20 heavy (non-hydrogen) atoms. The molecule has 0 bridgehead atoms. The van der Waals surface area contributed by atoms with Crippen molar-refractivity contribution in [2.45, 2.75) is 39.8 Å². The highest BCUT2D eigenvalue weighted by atomic mass is 16.4. The number of carboxylic acid groups (broad SMARTS) is 1. The molecule has 1 amide bonds. The van der Waals surface area contributed by atoms with Crippen molar-refractivity contribution in [3.8, 4) is 0 Å². The predicted octanol–water partition coefficient (Wildman–Crippen LogP) is 2.40. The van der Waals surface area contributed by atoms with Gasteiger partial charge in [-0.1, -0.05) is 19.1 Å². The SMILES string of the molecule is CC(=O)Nc1cccc(C(C)NC(C)C(C)C(=O)O)c1. The maximum atomic E-state index is 11.0. The van der Waals surface area contributed by atoms with Gasteiger partial charge in [0.2, 0.25) is 5.91 Å². The molecule has 110 valence electrons.